The van der Waals surface area contributed by atoms with Crippen molar-refractivity contribution in [1.82, 2.24) is 9.55 Å². The molecule has 0 aliphatic heterocycles. The van der Waals surface area contributed by atoms with Crippen LogP contribution in [0.15, 0.2) is 47.3 Å². The van der Waals surface area contributed by atoms with Crippen molar-refractivity contribution in [3.8, 4) is 5.69 Å². The summed E-state index contributed by atoms with van der Waals surface area (Å²) in [6, 6.07) is 12.2. The molecule has 6 heteroatoms. The molecule has 0 radical (unpaired) electrons. The van der Waals surface area contributed by atoms with Gasteiger partial charge >= 0.3 is 0 Å². The SMILES string of the molecule is Cc1nc2cc(Cl)ccc2c(=O)n1-c1cccc(Cl)c1.Cl. The fourth-order valence-corrected chi connectivity index (χ4v) is 2.54. The number of hydrogen-bond acceptors (Lipinski definition) is 2. The molecule has 3 nitrogen and oxygen atoms in total. The van der Waals surface area contributed by atoms with Crippen LogP contribution in [0.25, 0.3) is 16.6 Å². The molecule has 108 valence electrons. The zero-order chi connectivity index (χ0) is 14.3. The third-order valence-electron chi connectivity index (χ3n) is 3.07. The Kier molecular flexibility index (Phi) is 4.57. The van der Waals surface area contributed by atoms with Crippen molar-refractivity contribution in [3.63, 3.8) is 0 Å². The lowest BCUT2D eigenvalue weighted by molar-refractivity contribution is 0.895. The van der Waals surface area contributed by atoms with E-state index in [9.17, 15) is 4.79 Å². The molecule has 1 aromatic heterocycles. The highest BCUT2D eigenvalue weighted by Gasteiger charge is 2.10. The van der Waals surface area contributed by atoms with Gasteiger partial charge in [-0.05, 0) is 43.3 Å². The van der Waals surface area contributed by atoms with Crippen LogP contribution in [0.3, 0.4) is 0 Å². The molecule has 1 heterocycles. The van der Waals surface area contributed by atoms with Gasteiger partial charge in [-0.3, -0.25) is 9.36 Å². The minimum atomic E-state index is -0.133. The molecule has 0 N–H and O–H groups in total. The van der Waals surface area contributed by atoms with Crippen LogP contribution in [0, 0.1) is 6.92 Å². The molecule has 2 aromatic carbocycles. The van der Waals surface area contributed by atoms with E-state index in [1.54, 1.807) is 47.9 Å². The fourth-order valence-electron chi connectivity index (χ4n) is 2.19. The molecule has 3 aromatic rings. The van der Waals surface area contributed by atoms with Gasteiger partial charge in [-0.2, -0.15) is 0 Å². The fraction of sp³-hybridized carbons (Fsp3) is 0.0667. The predicted octanol–water partition coefficient (Wildman–Crippen LogP) is 4.42. The molecule has 0 unspecified atom stereocenters. The van der Waals surface area contributed by atoms with E-state index in [0.29, 0.717) is 32.5 Å². The summed E-state index contributed by atoms with van der Waals surface area (Å²) in [5.74, 6) is 0.590. The maximum absolute atomic E-state index is 12.6. The van der Waals surface area contributed by atoms with Gasteiger partial charge in [-0.1, -0.05) is 29.3 Å². The summed E-state index contributed by atoms with van der Waals surface area (Å²) < 4.78 is 1.54. The maximum atomic E-state index is 12.6. The van der Waals surface area contributed by atoms with Gasteiger partial charge in [0.1, 0.15) is 5.82 Å². The number of fused-ring (bicyclic) bond motifs is 1. The van der Waals surface area contributed by atoms with Gasteiger partial charge in [0, 0.05) is 10.0 Å². The van der Waals surface area contributed by atoms with Crippen LogP contribution in [-0.4, -0.2) is 9.55 Å². The van der Waals surface area contributed by atoms with Gasteiger partial charge in [-0.25, -0.2) is 4.98 Å². The Morgan fingerprint density at radius 3 is 2.48 bits per heavy atom. The monoisotopic (exact) mass is 340 g/mol. The van der Waals surface area contributed by atoms with Crippen LogP contribution in [-0.2, 0) is 0 Å². The highest BCUT2D eigenvalue weighted by Crippen LogP contribution is 2.18. The van der Waals surface area contributed by atoms with Gasteiger partial charge in [0.05, 0.1) is 16.6 Å². The standard InChI is InChI=1S/C15H10Cl2N2O.ClH/c1-9-18-14-8-11(17)5-6-13(14)15(20)19(9)12-4-2-3-10(16)7-12;/h2-8H,1H3;1H. The molecular weight excluding hydrogens is 331 g/mol. The second-order valence-electron chi connectivity index (χ2n) is 4.44. The van der Waals surface area contributed by atoms with E-state index in [2.05, 4.69) is 4.98 Å². The van der Waals surface area contributed by atoms with Crippen molar-refractivity contribution in [2.45, 2.75) is 6.92 Å². The largest absolute Gasteiger partial charge is 0.268 e. The number of aryl methyl sites for hydroxylation is 1. The topological polar surface area (TPSA) is 34.9 Å². The van der Waals surface area contributed by atoms with Gasteiger partial charge in [0.15, 0.2) is 0 Å². The first-order chi connectivity index (χ1) is 9.56. The number of aromatic nitrogens is 2. The second-order valence-corrected chi connectivity index (χ2v) is 5.31. The number of benzene rings is 2. The number of hydrogen-bond donors (Lipinski definition) is 0. The molecule has 0 fully saturated rings. The minimum absolute atomic E-state index is 0. The van der Waals surface area contributed by atoms with Crippen molar-refractivity contribution < 1.29 is 0 Å². The Bertz CT molecular complexity index is 874. The van der Waals surface area contributed by atoms with E-state index in [-0.39, 0.29) is 18.0 Å². The molecule has 0 aliphatic carbocycles. The molecule has 0 saturated carbocycles. The van der Waals surface area contributed by atoms with Crippen LogP contribution in [0.5, 0.6) is 0 Å². The Labute approximate surface area is 137 Å². The highest BCUT2D eigenvalue weighted by atomic mass is 35.5. The van der Waals surface area contributed by atoms with Gasteiger partial charge in [0.25, 0.3) is 5.56 Å². The summed E-state index contributed by atoms with van der Waals surface area (Å²) in [7, 11) is 0. The van der Waals surface area contributed by atoms with Gasteiger partial charge < -0.3 is 0 Å². The zero-order valence-corrected chi connectivity index (χ0v) is 13.3. The maximum Gasteiger partial charge on any atom is 0.265 e. The summed E-state index contributed by atoms with van der Waals surface area (Å²) in [4.78, 5) is 17.0. The number of nitrogens with zero attached hydrogens (tertiary/aromatic N) is 2. The molecule has 0 atom stereocenters. The first-order valence-corrected chi connectivity index (χ1v) is 6.77. The number of rotatable bonds is 1. The Hall–Kier alpha value is -1.55. The van der Waals surface area contributed by atoms with E-state index in [0.717, 1.165) is 0 Å². The van der Waals surface area contributed by atoms with Crippen molar-refractivity contribution >= 4 is 46.5 Å². The normalized spacial score (nSPS) is 10.4. The lowest BCUT2D eigenvalue weighted by Crippen LogP contribution is -2.22. The smallest absolute Gasteiger partial charge is 0.265 e. The summed E-state index contributed by atoms with van der Waals surface area (Å²) in [6.45, 7) is 1.78. The molecule has 0 spiro atoms. The Morgan fingerprint density at radius 2 is 1.76 bits per heavy atom. The highest BCUT2D eigenvalue weighted by molar-refractivity contribution is 6.31. The van der Waals surface area contributed by atoms with Crippen molar-refractivity contribution in [2.75, 3.05) is 0 Å². The predicted molar refractivity (Wildman–Crippen MR) is 89.3 cm³/mol. The summed E-state index contributed by atoms with van der Waals surface area (Å²) in [6.07, 6.45) is 0. The molecule has 0 saturated heterocycles. The first-order valence-electron chi connectivity index (χ1n) is 6.01. The van der Waals surface area contributed by atoms with E-state index in [4.69, 9.17) is 23.2 Å². The van der Waals surface area contributed by atoms with Crippen molar-refractivity contribution in [3.05, 3.63) is 68.7 Å². The van der Waals surface area contributed by atoms with E-state index < -0.39 is 0 Å². The zero-order valence-electron chi connectivity index (χ0n) is 11.0. The van der Waals surface area contributed by atoms with Crippen molar-refractivity contribution in [1.29, 1.82) is 0 Å². The lowest BCUT2D eigenvalue weighted by atomic mass is 10.2. The second kappa shape index (κ2) is 6.06. The molecular formula is C15H11Cl3N2O. The van der Waals surface area contributed by atoms with E-state index in [1.165, 1.54) is 0 Å². The average Bonchev–Trinajstić information content (AvgIpc) is 2.38. The summed E-state index contributed by atoms with van der Waals surface area (Å²) in [5, 5.41) is 1.66. The molecule has 0 aliphatic rings. The molecule has 21 heavy (non-hydrogen) atoms. The van der Waals surface area contributed by atoms with E-state index in [1.807, 2.05) is 6.07 Å². The van der Waals surface area contributed by atoms with Gasteiger partial charge in [0.2, 0.25) is 0 Å². The Balaban J connectivity index is 0.00000161. The van der Waals surface area contributed by atoms with Crippen LogP contribution in [0.2, 0.25) is 10.0 Å². The number of halogens is 3. The summed E-state index contributed by atoms with van der Waals surface area (Å²) in [5.41, 5.74) is 1.16. The molecule has 0 bridgehead atoms. The average molecular weight is 342 g/mol. The van der Waals surface area contributed by atoms with Crippen molar-refractivity contribution in [2.24, 2.45) is 0 Å². The third kappa shape index (κ3) is 2.91. The summed E-state index contributed by atoms with van der Waals surface area (Å²) >= 11 is 11.9. The first kappa shape index (κ1) is 15.8. The minimum Gasteiger partial charge on any atom is -0.268 e. The lowest BCUT2D eigenvalue weighted by Gasteiger charge is -2.11. The van der Waals surface area contributed by atoms with Crippen LogP contribution < -0.4 is 5.56 Å². The molecule has 0 amide bonds. The van der Waals surface area contributed by atoms with Crippen LogP contribution in [0.1, 0.15) is 5.82 Å². The Morgan fingerprint density at radius 1 is 1.05 bits per heavy atom. The van der Waals surface area contributed by atoms with Crippen LogP contribution in [0.4, 0.5) is 0 Å². The molecule has 3 rings (SSSR count). The third-order valence-corrected chi connectivity index (χ3v) is 3.54. The van der Waals surface area contributed by atoms with Crippen LogP contribution >= 0.6 is 35.6 Å². The van der Waals surface area contributed by atoms with E-state index >= 15 is 0 Å². The van der Waals surface area contributed by atoms with Gasteiger partial charge in [-0.15, -0.1) is 12.4 Å². The quantitative estimate of drug-likeness (QED) is 0.656.